The fourth-order valence-electron chi connectivity index (χ4n) is 2.55. The molecule has 2 heterocycles. The van der Waals surface area contributed by atoms with E-state index in [1.54, 1.807) is 0 Å². The van der Waals surface area contributed by atoms with Crippen LogP contribution in [0.5, 0.6) is 0 Å². The number of halogens is 1. The lowest BCUT2D eigenvalue weighted by molar-refractivity contribution is -0.384. The van der Waals surface area contributed by atoms with Crippen LogP contribution >= 0.6 is 15.9 Å². The molecule has 0 N–H and O–H groups in total. The van der Waals surface area contributed by atoms with Crippen LogP contribution in [0, 0.1) is 10.1 Å². The first-order chi connectivity index (χ1) is 13.0. The number of rotatable bonds is 4. The molecular formula is C17H10BrN5O4. The van der Waals surface area contributed by atoms with Gasteiger partial charge in [0.05, 0.1) is 22.2 Å². The van der Waals surface area contributed by atoms with E-state index in [0.29, 0.717) is 5.89 Å². The van der Waals surface area contributed by atoms with Crippen LogP contribution in [0.3, 0.4) is 0 Å². The van der Waals surface area contributed by atoms with Gasteiger partial charge < -0.3 is 4.42 Å². The Labute approximate surface area is 159 Å². The highest BCUT2D eigenvalue weighted by Gasteiger charge is 2.13. The molecule has 0 radical (unpaired) electrons. The van der Waals surface area contributed by atoms with Crippen LogP contribution in [0.1, 0.15) is 5.89 Å². The fourth-order valence-corrected chi connectivity index (χ4v) is 2.81. The lowest BCUT2D eigenvalue weighted by Gasteiger charge is -2.03. The van der Waals surface area contributed by atoms with Crippen molar-refractivity contribution in [2.45, 2.75) is 6.54 Å². The van der Waals surface area contributed by atoms with Crippen LogP contribution in [0.25, 0.3) is 22.4 Å². The van der Waals surface area contributed by atoms with Gasteiger partial charge in [-0.1, -0.05) is 15.9 Å². The van der Waals surface area contributed by atoms with Gasteiger partial charge in [0.2, 0.25) is 11.8 Å². The summed E-state index contributed by atoms with van der Waals surface area (Å²) >= 11 is 3.36. The Morgan fingerprint density at radius 3 is 2.67 bits per heavy atom. The number of hydrogen-bond donors (Lipinski definition) is 0. The van der Waals surface area contributed by atoms with Crippen molar-refractivity contribution in [3.05, 3.63) is 79.6 Å². The molecule has 2 aromatic carbocycles. The molecule has 2 aromatic heterocycles. The van der Waals surface area contributed by atoms with Gasteiger partial charge in [-0.15, -0.1) is 10.2 Å². The van der Waals surface area contributed by atoms with Crippen molar-refractivity contribution >= 4 is 32.5 Å². The summed E-state index contributed by atoms with van der Waals surface area (Å²) in [6.45, 7) is 0.0439. The second-order valence-electron chi connectivity index (χ2n) is 5.64. The number of non-ortho nitro benzene ring substituents is 1. The van der Waals surface area contributed by atoms with Crippen molar-refractivity contribution in [3.8, 4) is 11.5 Å². The molecular weight excluding hydrogens is 418 g/mol. The topological polar surface area (TPSA) is 117 Å². The van der Waals surface area contributed by atoms with Crippen molar-refractivity contribution < 1.29 is 9.34 Å². The number of aromatic nitrogens is 4. The van der Waals surface area contributed by atoms with Crippen molar-refractivity contribution in [3.63, 3.8) is 0 Å². The third kappa shape index (κ3) is 3.34. The Kier molecular flexibility index (Phi) is 4.24. The molecule has 0 aliphatic carbocycles. The van der Waals surface area contributed by atoms with Crippen molar-refractivity contribution in [2.24, 2.45) is 0 Å². The Bertz CT molecular complexity index is 1220. The Hall–Kier alpha value is -3.40. The van der Waals surface area contributed by atoms with Crippen molar-refractivity contribution in [1.29, 1.82) is 0 Å². The summed E-state index contributed by atoms with van der Waals surface area (Å²) in [5, 5.41) is 19.1. The monoisotopic (exact) mass is 427 g/mol. The number of nitro groups is 1. The van der Waals surface area contributed by atoms with Gasteiger partial charge in [-0.3, -0.25) is 19.5 Å². The molecule has 0 unspecified atom stereocenters. The lowest BCUT2D eigenvalue weighted by atomic mass is 10.2. The van der Waals surface area contributed by atoms with Gasteiger partial charge in [-0.25, -0.2) is 4.98 Å². The first kappa shape index (κ1) is 17.0. The third-order valence-corrected chi connectivity index (χ3v) is 4.41. The molecule has 0 aliphatic rings. The molecule has 0 bridgehead atoms. The van der Waals surface area contributed by atoms with E-state index in [-0.39, 0.29) is 34.6 Å². The summed E-state index contributed by atoms with van der Waals surface area (Å²) < 4.78 is 7.86. The second kappa shape index (κ2) is 6.72. The summed E-state index contributed by atoms with van der Waals surface area (Å²) in [7, 11) is 0. The summed E-state index contributed by atoms with van der Waals surface area (Å²) in [5.74, 6) is 0.591. The number of nitro benzene ring substituents is 1. The van der Waals surface area contributed by atoms with Crippen molar-refractivity contribution in [2.75, 3.05) is 0 Å². The van der Waals surface area contributed by atoms with E-state index in [1.165, 1.54) is 29.1 Å². The van der Waals surface area contributed by atoms with E-state index in [2.05, 4.69) is 31.1 Å². The average molecular weight is 428 g/mol. The van der Waals surface area contributed by atoms with Crippen LogP contribution in [0.15, 0.2) is 62.5 Å². The predicted octanol–water partition coefficient (Wildman–Crippen LogP) is 3.17. The largest absolute Gasteiger partial charge is 0.419 e. The molecule has 0 amide bonds. The highest BCUT2D eigenvalue weighted by atomic mass is 79.9. The quantitative estimate of drug-likeness (QED) is 0.362. The zero-order valence-electron chi connectivity index (χ0n) is 13.6. The molecule has 10 heteroatoms. The standard InChI is InChI=1S/C17H10BrN5O4/c18-11-3-1-10(2-4-11)16-21-20-15(27-16)8-22-9-19-14-7-12(23(25)26)5-6-13(14)17(22)24/h1-7,9H,8H2. The average Bonchev–Trinajstić information content (AvgIpc) is 3.13. The highest BCUT2D eigenvalue weighted by molar-refractivity contribution is 9.10. The van der Waals surface area contributed by atoms with Crippen molar-refractivity contribution in [1.82, 2.24) is 19.7 Å². The zero-order valence-corrected chi connectivity index (χ0v) is 15.2. The molecule has 0 fully saturated rings. The normalized spacial score (nSPS) is 11.0. The molecule has 134 valence electrons. The van der Waals surface area contributed by atoms with Gasteiger partial charge in [0, 0.05) is 22.2 Å². The summed E-state index contributed by atoms with van der Waals surface area (Å²) in [5.41, 5.74) is 0.543. The summed E-state index contributed by atoms with van der Waals surface area (Å²) in [6.07, 6.45) is 1.30. The van der Waals surface area contributed by atoms with Gasteiger partial charge in [0.1, 0.15) is 6.54 Å². The minimum Gasteiger partial charge on any atom is -0.419 e. The molecule has 9 nitrogen and oxygen atoms in total. The first-order valence-electron chi connectivity index (χ1n) is 7.73. The van der Waals surface area contributed by atoms with Gasteiger partial charge in [0.15, 0.2) is 0 Å². The van der Waals surface area contributed by atoms with Crippen LogP contribution in [0.2, 0.25) is 0 Å². The van der Waals surface area contributed by atoms with E-state index in [9.17, 15) is 14.9 Å². The van der Waals surface area contributed by atoms with Gasteiger partial charge >= 0.3 is 0 Å². The number of hydrogen-bond acceptors (Lipinski definition) is 7. The first-order valence-corrected chi connectivity index (χ1v) is 8.52. The molecule has 0 saturated carbocycles. The van der Waals surface area contributed by atoms with E-state index in [0.717, 1.165) is 10.0 Å². The SMILES string of the molecule is O=c1c2ccc([N+](=O)[O-])cc2ncn1Cc1nnc(-c2ccc(Br)cc2)o1. The Morgan fingerprint density at radius 1 is 1.15 bits per heavy atom. The molecule has 0 aliphatic heterocycles. The van der Waals surface area contributed by atoms with E-state index in [1.807, 2.05) is 24.3 Å². The Balaban J connectivity index is 1.65. The molecule has 4 rings (SSSR count). The second-order valence-corrected chi connectivity index (χ2v) is 6.56. The van der Waals surface area contributed by atoms with Crippen LogP contribution in [-0.4, -0.2) is 24.7 Å². The highest BCUT2D eigenvalue weighted by Crippen LogP contribution is 2.21. The van der Waals surface area contributed by atoms with E-state index in [4.69, 9.17) is 4.42 Å². The molecule has 0 saturated heterocycles. The minimum atomic E-state index is -0.533. The number of fused-ring (bicyclic) bond motifs is 1. The lowest BCUT2D eigenvalue weighted by Crippen LogP contribution is -2.21. The number of benzene rings is 2. The maximum absolute atomic E-state index is 12.6. The molecule has 0 spiro atoms. The van der Waals surface area contributed by atoms with Gasteiger partial charge in [0.25, 0.3) is 11.2 Å². The van der Waals surface area contributed by atoms with Gasteiger partial charge in [-0.05, 0) is 30.3 Å². The van der Waals surface area contributed by atoms with Crippen LogP contribution < -0.4 is 5.56 Å². The summed E-state index contributed by atoms with van der Waals surface area (Å²) in [6, 6.07) is 11.3. The fraction of sp³-hybridized carbons (Fsp3) is 0.0588. The van der Waals surface area contributed by atoms with E-state index >= 15 is 0 Å². The molecule has 4 aromatic rings. The number of nitrogens with zero attached hydrogens (tertiary/aromatic N) is 5. The van der Waals surface area contributed by atoms with E-state index < -0.39 is 4.92 Å². The van der Waals surface area contributed by atoms with Crippen LogP contribution in [0.4, 0.5) is 5.69 Å². The zero-order chi connectivity index (χ0) is 19.0. The maximum Gasteiger partial charge on any atom is 0.271 e. The third-order valence-electron chi connectivity index (χ3n) is 3.88. The summed E-state index contributed by atoms with van der Waals surface area (Å²) in [4.78, 5) is 27.0. The Morgan fingerprint density at radius 2 is 1.93 bits per heavy atom. The molecule has 0 atom stereocenters. The van der Waals surface area contributed by atoms with Gasteiger partial charge in [-0.2, -0.15) is 0 Å². The minimum absolute atomic E-state index is 0.0439. The predicted molar refractivity (Wildman–Crippen MR) is 99.2 cm³/mol. The smallest absolute Gasteiger partial charge is 0.271 e. The molecule has 27 heavy (non-hydrogen) atoms. The maximum atomic E-state index is 12.6. The van der Waals surface area contributed by atoms with Crippen LogP contribution in [-0.2, 0) is 6.54 Å².